The van der Waals surface area contributed by atoms with E-state index in [0.717, 1.165) is 0 Å². The van der Waals surface area contributed by atoms with E-state index in [1.807, 2.05) is 0 Å². The van der Waals surface area contributed by atoms with Crippen molar-refractivity contribution in [2.75, 3.05) is 10.8 Å². The van der Waals surface area contributed by atoms with Gasteiger partial charge >= 0.3 is 0 Å². The molecule has 0 aliphatic carbocycles. The third kappa shape index (κ3) is 4.87. The van der Waals surface area contributed by atoms with Crippen LogP contribution < -0.4 is 4.31 Å². The molecule has 0 radical (unpaired) electrons. The predicted octanol–water partition coefficient (Wildman–Crippen LogP) is 6.12. The molecule has 0 fully saturated rings. The quantitative estimate of drug-likeness (QED) is 0.437. The first-order valence-corrected chi connectivity index (χ1v) is 11.4. The number of sulfonamides is 1. The molecule has 1 aliphatic rings. The number of terminal acetylenes is 1. The molecule has 29 heavy (non-hydrogen) atoms. The third-order valence-electron chi connectivity index (χ3n) is 4.66. The number of aryl methyl sites for hydroxylation is 1. The molecule has 0 unspecified atom stereocenters. The molecule has 0 atom stereocenters. The van der Waals surface area contributed by atoms with Crippen LogP contribution in [0.5, 0.6) is 0 Å². The molecule has 0 amide bonds. The molecule has 0 aromatic heterocycles. The Hall–Kier alpha value is -1.78. The zero-order chi connectivity index (χ0) is 21.2. The molecule has 3 rings (SSSR count). The van der Waals surface area contributed by atoms with Crippen molar-refractivity contribution in [3.63, 3.8) is 0 Å². The van der Waals surface area contributed by atoms with Gasteiger partial charge in [0.25, 0.3) is 10.0 Å². The number of anilines is 1. The van der Waals surface area contributed by atoms with Gasteiger partial charge in [-0.1, -0.05) is 34.8 Å². The highest BCUT2D eigenvalue weighted by Crippen LogP contribution is 2.39. The van der Waals surface area contributed by atoms with Gasteiger partial charge in [-0.3, -0.25) is 4.31 Å². The fourth-order valence-corrected chi connectivity index (χ4v) is 5.51. The van der Waals surface area contributed by atoms with Crippen LogP contribution in [0.25, 0.3) is 0 Å². The topological polar surface area (TPSA) is 62.1 Å². The van der Waals surface area contributed by atoms with Crippen LogP contribution in [0.1, 0.15) is 24.8 Å². The van der Waals surface area contributed by atoms with Crippen LogP contribution in [0.4, 0.5) is 5.69 Å². The normalized spacial score (nSPS) is 14.4. The van der Waals surface area contributed by atoms with Crippen LogP contribution in [-0.2, 0) is 10.0 Å². The molecule has 9 heteroatoms. The average Bonchev–Trinajstić information content (AvgIpc) is 3.43. The van der Waals surface area contributed by atoms with Gasteiger partial charge in [-0.25, -0.2) is 8.42 Å². The fourth-order valence-electron chi connectivity index (χ4n) is 3.01. The van der Waals surface area contributed by atoms with Gasteiger partial charge in [-0.2, -0.15) is 10.2 Å². The van der Waals surface area contributed by atoms with E-state index < -0.39 is 15.7 Å². The van der Waals surface area contributed by atoms with Crippen LogP contribution in [0, 0.1) is 19.3 Å². The van der Waals surface area contributed by atoms with Gasteiger partial charge in [0.05, 0.1) is 10.7 Å². The fraction of sp³-hybridized carbons (Fsp3) is 0.300. The SMILES string of the molecule is C#CCCC1(CCN(c2ccc(Cl)cc2C)S(=O)(=O)c2cc(Cl)ccc2Cl)N=N1. The first-order valence-electron chi connectivity index (χ1n) is 8.80. The largest absolute Gasteiger partial charge is 0.266 e. The van der Waals surface area contributed by atoms with Crippen LogP contribution >= 0.6 is 34.8 Å². The standard InChI is InChI=1S/C20H18Cl3N3O2S/c1-3-4-9-20(24-25-20)10-11-26(18-8-6-15(21)12-14(18)2)29(27,28)19-13-16(22)5-7-17(19)23/h1,5-8,12-13H,4,9-11H2,2H3. The van der Waals surface area contributed by atoms with E-state index >= 15 is 0 Å². The minimum Gasteiger partial charge on any atom is -0.266 e. The van der Waals surface area contributed by atoms with Crippen LogP contribution in [0.2, 0.25) is 15.1 Å². The molecule has 2 aromatic rings. The summed E-state index contributed by atoms with van der Waals surface area (Å²) in [6, 6.07) is 9.37. The van der Waals surface area contributed by atoms with Crippen molar-refractivity contribution < 1.29 is 8.42 Å². The minimum absolute atomic E-state index is 0.0663. The number of nitrogens with zero attached hydrogens (tertiary/aromatic N) is 3. The summed E-state index contributed by atoms with van der Waals surface area (Å²) in [6.45, 7) is 1.94. The van der Waals surface area contributed by atoms with E-state index in [-0.39, 0.29) is 21.5 Å². The Labute approximate surface area is 185 Å². The first kappa shape index (κ1) is 21.9. The van der Waals surface area contributed by atoms with Crippen molar-refractivity contribution in [1.82, 2.24) is 0 Å². The predicted molar refractivity (Wildman–Crippen MR) is 117 cm³/mol. The van der Waals surface area contributed by atoms with Crippen LogP contribution in [0.3, 0.4) is 0 Å². The van der Waals surface area contributed by atoms with Crippen molar-refractivity contribution in [3.8, 4) is 12.3 Å². The molecule has 5 nitrogen and oxygen atoms in total. The highest BCUT2D eigenvalue weighted by molar-refractivity contribution is 7.93. The number of halogens is 3. The Morgan fingerprint density at radius 2 is 1.72 bits per heavy atom. The second kappa shape index (κ2) is 8.53. The molecule has 0 bridgehead atoms. The molecule has 0 saturated heterocycles. The van der Waals surface area contributed by atoms with Crippen molar-refractivity contribution >= 4 is 50.5 Å². The molecule has 1 aliphatic heterocycles. The number of rotatable bonds is 8. The molecule has 0 saturated carbocycles. The van der Waals surface area contributed by atoms with E-state index in [0.29, 0.717) is 35.5 Å². The summed E-state index contributed by atoms with van der Waals surface area (Å²) in [4.78, 5) is -0.0663. The van der Waals surface area contributed by atoms with Gasteiger partial charge in [0.15, 0.2) is 5.66 Å². The van der Waals surface area contributed by atoms with Gasteiger partial charge in [0.1, 0.15) is 4.90 Å². The van der Waals surface area contributed by atoms with E-state index in [9.17, 15) is 8.42 Å². The summed E-state index contributed by atoms with van der Waals surface area (Å²) in [6.07, 6.45) is 6.83. The molecule has 0 spiro atoms. The molecule has 2 aromatic carbocycles. The smallest absolute Gasteiger partial charge is 0.265 e. The molecular weight excluding hydrogens is 453 g/mol. The van der Waals surface area contributed by atoms with Crippen molar-refractivity contribution in [1.29, 1.82) is 0 Å². The van der Waals surface area contributed by atoms with Gasteiger partial charge < -0.3 is 0 Å². The Kier molecular flexibility index (Phi) is 6.45. The lowest BCUT2D eigenvalue weighted by atomic mass is 10.0. The van der Waals surface area contributed by atoms with E-state index in [1.165, 1.54) is 22.5 Å². The Balaban J connectivity index is 2.01. The maximum absolute atomic E-state index is 13.6. The van der Waals surface area contributed by atoms with Gasteiger partial charge in [-0.15, -0.1) is 12.3 Å². The summed E-state index contributed by atoms with van der Waals surface area (Å²) < 4.78 is 28.4. The van der Waals surface area contributed by atoms with E-state index in [4.69, 9.17) is 41.2 Å². The summed E-state index contributed by atoms with van der Waals surface area (Å²) in [5.74, 6) is 2.57. The number of hydrogen-bond acceptors (Lipinski definition) is 4. The van der Waals surface area contributed by atoms with E-state index in [2.05, 4.69) is 16.1 Å². The lowest BCUT2D eigenvalue weighted by Gasteiger charge is -2.27. The second-order valence-corrected chi connectivity index (χ2v) is 9.83. The molecule has 1 heterocycles. The number of hydrogen-bond donors (Lipinski definition) is 0. The molecule has 152 valence electrons. The second-order valence-electron chi connectivity index (χ2n) is 6.72. The minimum atomic E-state index is -4.01. The van der Waals surface area contributed by atoms with Gasteiger partial charge in [0.2, 0.25) is 0 Å². The monoisotopic (exact) mass is 469 g/mol. The summed E-state index contributed by atoms with van der Waals surface area (Å²) in [5.41, 5.74) is 0.582. The Bertz CT molecular complexity index is 1100. The highest BCUT2D eigenvalue weighted by Gasteiger charge is 2.41. The zero-order valence-electron chi connectivity index (χ0n) is 15.6. The average molecular weight is 471 g/mol. The summed E-state index contributed by atoms with van der Waals surface area (Å²) in [7, 11) is -4.01. The molecular formula is C20H18Cl3N3O2S. The van der Waals surface area contributed by atoms with E-state index in [1.54, 1.807) is 25.1 Å². The lowest BCUT2D eigenvalue weighted by Crippen LogP contribution is -2.35. The maximum atomic E-state index is 13.6. The van der Waals surface area contributed by atoms with Crippen LogP contribution in [-0.4, -0.2) is 20.6 Å². The number of benzene rings is 2. The maximum Gasteiger partial charge on any atom is 0.265 e. The third-order valence-corrected chi connectivity index (χ3v) is 7.42. The Morgan fingerprint density at radius 1 is 1.07 bits per heavy atom. The lowest BCUT2D eigenvalue weighted by molar-refractivity contribution is 0.517. The van der Waals surface area contributed by atoms with Gasteiger partial charge in [0, 0.05) is 35.9 Å². The molecule has 0 N–H and O–H groups in total. The Morgan fingerprint density at radius 3 is 2.34 bits per heavy atom. The van der Waals surface area contributed by atoms with Crippen molar-refractivity contribution in [2.45, 2.75) is 36.7 Å². The van der Waals surface area contributed by atoms with Crippen LogP contribution in [0.15, 0.2) is 51.5 Å². The summed E-state index contributed by atoms with van der Waals surface area (Å²) in [5, 5.41) is 9.08. The zero-order valence-corrected chi connectivity index (χ0v) is 18.7. The summed E-state index contributed by atoms with van der Waals surface area (Å²) >= 11 is 18.3. The van der Waals surface area contributed by atoms with Crippen molar-refractivity contribution in [2.24, 2.45) is 10.2 Å². The van der Waals surface area contributed by atoms with Crippen molar-refractivity contribution in [3.05, 3.63) is 57.0 Å². The highest BCUT2D eigenvalue weighted by atomic mass is 35.5. The van der Waals surface area contributed by atoms with Gasteiger partial charge in [-0.05, 0) is 48.9 Å². The first-order chi connectivity index (χ1) is 13.7.